The maximum Gasteiger partial charge on any atom is 0.325 e. The third-order valence-corrected chi connectivity index (χ3v) is 3.32. The Kier molecular flexibility index (Phi) is 3.84. The van der Waals surface area contributed by atoms with Crippen molar-refractivity contribution in [3.8, 4) is 5.75 Å². The molecule has 2 N–H and O–H groups in total. The molecule has 1 saturated heterocycles. The lowest BCUT2D eigenvalue weighted by atomic mass is 10.0. The molecule has 1 aromatic carbocycles. The molecule has 5 heteroatoms. The van der Waals surface area contributed by atoms with Crippen molar-refractivity contribution in [2.24, 2.45) is 0 Å². The molecule has 5 nitrogen and oxygen atoms in total. The molecule has 1 aliphatic rings. The lowest BCUT2D eigenvalue weighted by Crippen LogP contribution is -2.47. The first-order chi connectivity index (χ1) is 8.58. The van der Waals surface area contributed by atoms with Gasteiger partial charge >= 0.3 is 5.97 Å². The number of aromatic hydroxyl groups is 1. The number of likely N-dealkylation sites (N-methyl/N-ethyl adjacent to an activating group) is 1. The lowest BCUT2D eigenvalue weighted by molar-refractivity contribution is -0.144. The Bertz CT molecular complexity index is 428. The van der Waals surface area contributed by atoms with Crippen LogP contribution >= 0.6 is 0 Å². The van der Waals surface area contributed by atoms with Gasteiger partial charge < -0.3 is 15.1 Å². The maximum absolute atomic E-state index is 11.5. The number of aliphatic carboxylic acids is 1. The van der Waals surface area contributed by atoms with E-state index in [4.69, 9.17) is 0 Å². The largest absolute Gasteiger partial charge is 0.508 e. The van der Waals surface area contributed by atoms with E-state index >= 15 is 0 Å². The molecular weight excluding hydrogens is 232 g/mol. The van der Waals surface area contributed by atoms with E-state index in [1.54, 1.807) is 18.2 Å². The van der Waals surface area contributed by atoms with E-state index in [1.165, 1.54) is 6.07 Å². The number of benzene rings is 1. The number of carboxylic acid groups (broad SMARTS) is 1. The highest BCUT2D eigenvalue weighted by Crippen LogP contribution is 2.25. The van der Waals surface area contributed by atoms with E-state index in [1.807, 2.05) is 11.9 Å². The fraction of sp³-hybridized carbons (Fsp3) is 0.462. The third-order valence-electron chi connectivity index (χ3n) is 3.32. The summed E-state index contributed by atoms with van der Waals surface area (Å²) in [6, 6.07) is 5.82. The van der Waals surface area contributed by atoms with Crippen LogP contribution in [0.5, 0.6) is 5.75 Å². The highest BCUT2D eigenvalue weighted by atomic mass is 16.4. The first-order valence-corrected chi connectivity index (χ1v) is 6.02. The quantitative estimate of drug-likeness (QED) is 0.829. The normalized spacial score (nSPS) is 19.6. The van der Waals surface area contributed by atoms with Gasteiger partial charge in [-0.1, -0.05) is 12.1 Å². The fourth-order valence-electron chi connectivity index (χ4n) is 2.28. The Morgan fingerprint density at radius 3 is 2.50 bits per heavy atom. The van der Waals surface area contributed by atoms with E-state index in [2.05, 4.69) is 4.90 Å². The molecule has 98 valence electrons. The number of hydrogen-bond donors (Lipinski definition) is 2. The number of piperazine rings is 1. The molecule has 1 aliphatic heterocycles. The second kappa shape index (κ2) is 5.37. The van der Waals surface area contributed by atoms with E-state index in [-0.39, 0.29) is 5.75 Å². The molecule has 2 rings (SSSR count). The average Bonchev–Trinajstić information content (AvgIpc) is 2.32. The van der Waals surface area contributed by atoms with Crippen molar-refractivity contribution >= 4 is 5.97 Å². The molecule has 0 saturated carbocycles. The molecule has 0 radical (unpaired) electrons. The number of phenols is 1. The van der Waals surface area contributed by atoms with Crippen LogP contribution in [0.25, 0.3) is 0 Å². The Hall–Kier alpha value is -1.59. The van der Waals surface area contributed by atoms with E-state index in [0.717, 1.165) is 26.2 Å². The van der Waals surface area contributed by atoms with Crippen LogP contribution in [0.3, 0.4) is 0 Å². The molecule has 1 aromatic rings. The summed E-state index contributed by atoms with van der Waals surface area (Å²) in [5.74, 6) is -0.766. The molecule has 0 aromatic heterocycles. The van der Waals surface area contributed by atoms with Crippen molar-refractivity contribution in [1.29, 1.82) is 0 Å². The molecular formula is C13H18N2O3. The summed E-state index contributed by atoms with van der Waals surface area (Å²) < 4.78 is 0. The number of carbonyl (C=O) groups is 1. The summed E-state index contributed by atoms with van der Waals surface area (Å²) in [6.45, 7) is 3.18. The molecule has 1 heterocycles. The highest BCUT2D eigenvalue weighted by Gasteiger charge is 2.29. The minimum atomic E-state index is -0.870. The average molecular weight is 250 g/mol. The molecule has 0 amide bonds. The van der Waals surface area contributed by atoms with Crippen molar-refractivity contribution in [3.05, 3.63) is 29.8 Å². The van der Waals surface area contributed by atoms with Crippen LogP contribution in [0.1, 0.15) is 11.6 Å². The molecule has 0 spiro atoms. The predicted octanol–water partition coefficient (Wildman–Crippen LogP) is 0.765. The van der Waals surface area contributed by atoms with Crippen LogP contribution < -0.4 is 0 Å². The standard InChI is InChI=1S/C13H18N2O3/c1-14-5-7-15(8-6-14)12(13(17)18)10-3-2-4-11(16)9-10/h2-4,9,12,16H,5-8H2,1H3,(H,17,18). The number of hydrogen-bond acceptors (Lipinski definition) is 4. The van der Waals surface area contributed by atoms with Gasteiger partial charge in [0.25, 0.3) is 0 Å². The van der Waals surface area contributed by atoms with Crippen LogP contribution in [0, 0.1) is 0 Å². The summed E-state index contributed by atoms with van der Waals surface area (Å²) in [6.07, 6.45) is 0. The molecule has 0 aliphatic carbocycles. The van der Waals surface area contributed by atoms with Crippen LogP contribution in [-0.2, 0) is 4.79 Å². The number of carboxylic acids is 1. The van der Waals surface area contributed by atoms with Gasteiger partial charge in [-0.05, 0) is 24.7 Å². The van der Waals surface area contributed by atoms with Crippen molar-refractivity contribution in [3.63, 3.8) is 0 Å². The van der Waals surface area contributed by atoms with Crippen molar-refractivity contribution in [1.82, 2.24) is 9.80 Å². The minimum absolute atomic E-state index is 0.105. The van der Waals surface area contributed by atoms with Gasteiger partial charge in [0.2, 0.25) is 0 Å². The first-order valence-electron chi connectivity index (χ1n) is 6.02. The van der Waals surface area contributed by atoms with Gasteiger partial charge in [-0.15, -0.1) is 0 Å². The van der Waals surface area contributed by atoms with Gasteiger partial charge in [0, 0.05) is 26.2 Å². The van der Waals surface area contributed by atoms with Gasteiger partial charge in [-0.25, -0.2) is 0 Å². The van der Waals surface area contributed by atoms with Gasteiger partial charge in [0.05, 0.1) is 0 Å². The Labute approximate surface area is 106 Å². The summed E-state index contributed by atoms with van der Waals surface area (Å²) in [4.78, 5) is 15.6. The second-order valence-electron chi connectivity index (χ2n) is 4.68. The van der Waals surface area contributed by atoms with Crippen molar-refractivity contribution in [2.45, 2.75) is 6.04 Å². The van der Waals surface area contributed by atoms with E-state index in [9.17, 15) is 15.0 Å². The smallest absolute Gasteiger partial charge is 0.325 e. The fourth-order valence-corrected chi connectivity index (χ4v) is 2.28. The lowest BCUT2D eigenvalue weighted by Gasteiger charge is -2.36. The number of nitrogens with zero attached hydrogens (tertiary/aromatic N) is 2. The Balaban J connectivity index is 2.21. The van der Waals surface area contributed by atoms with Crippen LogP contribution in [-0.4, -0.2) is 59.2 Å². The number of rotatable bonds is 3. The summed E-state index contributed by atoms with van der Waals surface area (Å²) >= 11 is 0. The number of phenolic OH excluding ortho intramolecular Hbond substituents is 1. The van der Waals surface area contributed by atoms with Crippen LogP contribution in [0.2, 0.25) is 0 Å². The van der Waals surface area contributed by atoms with Crippen molar-refractivity contribution in [2.75, 3.05) is 33.2 Å². The SMILES string of the molecule is CN1CCN(C(C(=O)O)c2cccc(O)c2)CC1. The predicted molar refractivity (Wildman–Crippen MR) is 67.6 cm³/mol. The Morgan fingerprint density at radius 1 is 1.28 bits per heavy atom. The van der Waals surface area contributed by atoms with Gasteiger partial charge in [-0.3, -0.25) is 9.69 Å². The highest BCUT2D eigenvalue weighted by molar-refractivity contribution is 5.75. The molecule has 1 unspecified atom stereocenters. The van der Waals surface area contributed by atoms with Crippen molar-refractivity contribution < 1.29 is 15.0 Å². The maximum atomic E-state index is 11.5. The second-order valence-corrected chi connectivity index (χ2v) is 4.68. The summed E-state index contributed by atoms with van der Waals surface area (Å²) in [7, 11) is 2.03. The van der Waals surface area contributed by atoms with Gasteiger partial charge in [-0.2, -0.15) is 0 Å². The van der Waals surface area contributed by atoms with Gasteiger partial charge in [0.15, 0.2) is 0 Å². The third kappa shape index (κ3) is 2.80. The minimum Gasteiger partial charge on any atom is -0.508 e. The van der Waals surface area contributed by atoms with Crippen LogP contribution in [0.4, 0.5) is 0 Å². The molecule has 1 atom stereocenters. The molecule has 1 fully saturated rings. The van der Waals surface area contributed by atoms with E-state index < -0.39 is 12.0 Å². The Morgan fingerprint density at radius 2 is 1.94 bits per heavy atom. The van der Waals surface area contributed by atoms with Gasteiger partial charge in [0.1, 0.15) is 11.8 Å². The molecule has 18 heavy (non-hydrogen) atoms. The van der Waals surface area contributed by atoms with Crippen LogP contribution in [0.15, 0.2) is 24.3 Å². The first kappa shape index (κ1) is 12.9. The zero-order valence-electron chi connectivity index (χ0n) is 10.4. The monoisotopic (exact) mass is 250 g/mol. The van der Waals surface area contributed by atoms with E-state index in [0.29, 0.717) is 5.56 Å². The zero-order valence-corrected chi connectivity index (χ0v) is 10.4. The topological polar surface area (TPSA) is 64.0 Å². The summed E-state index contributed by atoms with van der Waals surface area (Å²) in [5, 5.41) is 18.9. The molecule has 0 bridgehead atoms. The zero-order chi connectivity index (χ0) is 13.1. The summed E-state index contributed by atoms with van der Waals surface area (Å²) in [5.41, 5.74) is 0.632.